The molecule has 1 amide bonds. The number of hydrogen-bond acceptors (Lipinski definition) is 10. The SMILES string of the molecule is COc1ccc(CCNC(=O)[C@H](C#N)c2nc3ccccc3nc2N2CCN(Cc3ccc4c(c3)OCO4)CC2)cc1OC. The number of carbonyl (C=O) groups excluding carboxylic acids is 1. The molecule has 0 saturated carbocycles. The van der Waals surface area contributed by atoms with Crippen LogP contribution in [0, 0.1) is 11.3 Å². The number of aromatic nitrogens is 2. The van der Waals surface area contributed by atoms with Crippen molar-refractivity contribution in [2.45, 2.75) is 18.9 Å². The molecule has 2 aliphatic rings. The molecule has 1 atom stereocenters. The Kier molecular flexibility index (Phi) is 8.61. The van der Waals surface area contributed by atoms with Gasteiger partial charge in [-0.05, 0) is 53.9 Å². The molecule has 226 valence electrons. The number of para-hydroxylation sites is 2. The van der Waals surface area contributed by atoms with Crippen molar-refractivity contribution >= 4 is 22.8 Å². The lowest BCUT2D eigenvalue weighted by Gasteiger charge is -2.36. The van der Waals surface area contributed by atoms with Gasteiger partial charge < -0.3 is 29.2 Å². The van der Waals surface area contributed by atoms with E-state index in [4.69, 9.17) is 28.9 Å². The first-order valence-electron chi connectivity index (χ1n) is 14.6. The van der Waals surface area contributed by atoms with Gasteiger partial charge in [-0.1, -0.05) is 24.3 Å². The molecule has 6 rings (SSSR count). The molecule has 3 aromatic carbocycles. The van der Waals surface area contributed by atoms with Gasteiger partial charge in [0.15, 0.2) is 34.7 Å². The first-order chi connectivity index (χ1) is 21.6. The lowest BCUT2D eigenvalue weighted by Crippen LogP contribution is -2.47. The van der Waals surface area contributed by atoms with Gasteiger partial charge in [-0.15, -0.1) is 0 Å². The number of anilines is 1. The molecule has 44 heavy (non-hydrogen) atoms. The van der Waals surface area contributed by atoms with E-state index in [1.807, 2.05) is 54.6 Å². The molecule has 0 spiro atoms. The van der Waals surface area contributed by atoms with Gasteiger partial charge in [0.05, 0.1) is 31.3 Å². The molecule has 4 aromatic rings. The highest BCUT2D eigenvalue weighted by Gasteiger charge is 2.30. The number of ether oxygens (including phenoxy) is 4. The third-order valence-electron chi connectivity index (χ3n) is 7.92. The summed E-state index contributed by atoms with van der Waals surface area (Å²) in [6.07, 6.45) is 0.561. The zero-order chi connectivity index (χ0) is 30.5. The summed E-state index contributed by atoms with van der Waals surface area (Å²) >= 11 is 0. The van der Waals surface area contributed by atoms with Gasteiger partial charge in [0.2, 0.25) is 12.7 Å². The van der Waals surface area contributed by atoms with Crippen LogP contribution in [0.5, 0.6) is 23.0 Å². The number of nitriles is 1. The highest BCUT2D eigenvalue weighted by atomic mass is 16.7. The first kappa shape index (κ1) is 29.0. The fourth-order valence-corrected chi connectivity index (χ4v) is 5.56. The predicted molar refractivity (Wildman–Crippen MR) is 164 cm³/mol. The Morgan fingerprint density at radius 3 is 2.41 bits per heavy atom. The van der Waals surface area contributed by atoms with E-state index in [2.05, 4.69) is 27.3 Å². The molecule has 1 saturated heterocycles. The molecule has 11 nitrogen and oxygen atoms in total. The molecule has 0 aliphatic carbocycles. The van der Waals surface area contributed by atoms with Gasteiger partial charge in [0.25, 0.3) is 0 Å². The fourth-order valence-electron chi connectivity index (χ4n) is 5.56. The van der Waals surface area contributed by atoms with Gasteiger partial charge in [-0.3, -0.25) is 9.69 Å². The largest absolute Gasteiger partial charge is 0.493 e. The van der Waals surface area contributed by atoms with Crippen molar-refractivity contribution in [1.82, 2.24) is 20.2 Å². The van der Waals surface area contributed by atoms with E-state index in [1.165, 1.54) is 0 Å². The molecule has 3 heterocycles. The van der Waals surface area contributed by atoms with Crippen LogP contribution in [-0.4, -0.2) is 74.5 Å². The zero-order valence-electron chi connectivity index (χ0n) is 24.8. The number of hydrogen-bond donors (Lipinski definition) is 1. The van der Waals surface area contributed by atoms with Crippen LogP contribution in [0.3, 0.4) is 0 Å². The van der Waals surface area contributed by atoms with Crippen molar-refractivity contribution in [3.8, 4) is 29.1 Å². The Morgan fingerprint density at radius 2 is 1.66 bits per heavy atom. The third-order valence-corrected chi connectivity index (χ3v) is 7.92. The topological polar surface area (TPSA) is 122 Å². The summed E-state index contributed by atoms with van der Waals surface area (Å²) in [5.74, 6) is 1.88. The van der Waals surface area contributed by atoms with Crippen molar-refractivity contribution < 1.29 is 23.7 Å². The van der Waals surface area contributed by atoms with Crippen LogP contribution in [0.25, 0.3) is 11.0 Å². The van der Waals surface area contributed by atoms with Crippen LogP contribution in [0.2, 0.25) is 0 Å². The molecule has 1 N–H and O–H groups in total. The van der Waals surface area contributed by atoms with Gasteiger partial charge in [-0.2, -0.15) is 5.26 Å². The summed E-state index contributed by atoms with van der Waals surface area (Å²) in [6.45, 7) is 4.33. The van der Waals surface area contributed by atoms with E-state index in [0.717, 1.165) is 47.8 Å². The second-order valence-corrected chi connectivity index (χ2v) is 10.7. The van der Waals surface area contributed by atoms with E-state index < -0.39 is 11.8 Å². The lowest BCUT2D eigenvalue weighted by atomic mass is 10.0. The minimum atomic E-state index is -1.11. The summed E-state index contributed by atoms with van der Waals surface area (Å²) in [4.78, 5) is 27.6. The van der Waals surface area contributed by atoms with E-state index in [-0.39, 0.29) is 6.79 Å². The number of piperazine rings is 1. The molecule has 2 aliphatic heterocycles. The maximum Gasteiger partial charge on any atom is 0.243 e. The fraction of sp³-hybridized carbons (Fsp3) is 0.333. The van der Waals surface area contributed by atoms with Gasteiger partial charge >= 0.3 is 0 Å². The Bertz CT molecular complexity index is 1700. The van der Waals surface area contributed by atoms with Crippen LogP contribution >= 0.6 is 0 Å². The number of rotatable bonds is 10. The summed E-state index contributed by atoms with van der Waals surface area (Å²) in [7, 11) is 3.17. The van der Waals surface area contributed by atoms with E-state index in [1.54, 1.807) is 14.2 Å². The number of benzene rings is 3. The van der Waals surface area contributed by atoms with E-state index in [9.17, 15) is 10.1 Å². The average molecular weight is 595 g/mol. The quantitative estimate of drug-likeness (QED) is 0.291. The van der Waals surface area contributed by atoms with Crippen LogP contribution in [0.4, 0.5) is 5.82 Å². The standard InChI is InChI=1S/C33H34N6O5/c1-41-27-9-7-22(17-29(27)42-2)11-12-35-33(40)24(19-34)31-32(37-26-6-4-3-5-25(26)36-31)39-15-13-38(14-16-39)20-23-8-10-28-30(18-23)44-21-43-28/h3-10,17-18,24H,11-16,20-21H2,1-2H3,(H,35,40)/t24-/m1/s1. The Hall–Kier alpha value is -5.08. The van der Waals surface area contributed by atoms with Crippen molar-refractivity contribution in [2.24, 2.45) is 0 Å². The Balaban J connectivity index is 1.16. The van der Waals surface area contributed by atoms with Gasteiger partial charge in [-0.25, -0.2) is 9.97 Å². The maximum atomic E-state index is 13.4. The Labute approximate surface area is 255 Å². The number of carbonyl (C=O) groups is 1. The molecule has 0 radical (unpaired) electrons. The number of nitrogens with zero attached hydrogens (tertiary/aromatic N) is 5. The third kappa shape index (κ3) is 6.16. The summed E-state index contributed by atoms with van der Waals surface area (Å²) < 4.78 is 21.7. The molecule has 11 heteroatoms. The lowest BCUT2D eigenvalue weighted by molar-refractivity contribution is -0.121. The molecular formula is C33H34N6O5. The molecular weight excluding hydrogens is 560 g/mol. The second-order valence-electron chi connectivity index (χ2n) is 10.7. The van der Waals surface area contributed by atoms with Gasteiger partial charge in [0.1, 0.15) is 5.69 Å². The molecule has 0 bridgehead atoms. The van der Waals surface area contributed by atoms with E-state index in [0.29, 0.717) is 54.6 Å². The van der Waals surface area contributed by atoms with Crippen molar-refractivity contribution in [1.29, 1.82) is 5.26 Å². The minimum absolute atomic E-state index is 0.256. The zero-order valence-corrected chi connectivity index (χ0v) is 24.8. The summed E-state index contributed by atoms with van der Waals surface area (Å²) in [5.41, 5.74) is 3.87. The first-order valence-corrected chi connectivity index (χ1v) is 14.6. The molecule has 1 fully saturated rings. The number of methoxy groups -OCH3 is 2. The van der Waals surface area contributed by atoms with Crippen molar-refractivity contribution in [3.05, 3.63) is 77.5 Å². The van der Waals surface area contributed by atoms with Crippen LogP contribution in [0.15, 0.2) is 60.7 Å². The summed E-state index contributed by atoms with van der Waals surface area (Å²) in [5, 5.41) is 13.1. The van der Waals surface area contributed by atoms with E-state index >= 15 is 0 Å². The normalized spacial score (nSPS) is 15.1. The number of nitrogens with one attached hydrogen (secondary N) is 1. The van der Waals surface area contributed by atoms with Crippen molar-refractivity contribution in [2.75, 3.05) is 58.6 Å². The number of amides is 1. The smallest absolute Gasteiger partial charge is 0.243 e. The highest BCUT2D eigenvalue weighted by molar-refractivity contribution is 5.88. The summed E-state index contributed by atoms with van der Waals surface area (Å²) in [6, 6.07) is 21.4. The monoisotopic (exact) mass is 594 g/mol. The minimum Gasteiger partial charge on any atom is -0.493 e. The highest BCUT2D eigenvalue weighted by Crippen LogP contribution is 2.33. The predicted octanol–water partition coefficient (Wildman–Crippen LogP) is 3.66. The van der Waals surface area contributed by atoms with Crippen molar-refractivity contribution in [3.63, 3.8) is 0 Å². The van der Waals surface area contributed by atoms with Crippen LogP contribution in [0.1, 0.15) is 22.7 Å². The van der Waals surface area contributed by atoms with Gasteiger partial charge in [0, 0.05) is 39.3 Å². The second kappa shape index (κ2) is 13.1. The average Bonchev–Trinajstić information content (AvgIpc) is 3.53. The maximum absolute atomic E-state index is 13.4. The molecule has 0 unspecified atom stereocenters. The van der Waals surface area contributed by atoms with Crippen LogP contribution in [-0.2, 0) is 17.8 Å². The molecule has 1 aromatic heterocycles. The van der Waals surface area contributed by atoms with Crippen LogP contribution < -0.4 is 29.2 Å². The number of fused-ring (bicyclic) bond motifs is 2. The Morgan fingerprint density at radius 1 is 0.932 bits per heavy atom.